The molecule has 0 spiro atoms. The number of unbranched alkanes of at least 4 members (excludes halogenated alkanes) is 1. The minimum Gasteiger partial charge on any atom is -0.316 e. The summed E-state index contributed by atoms with van der Waals surface area (Å²) in [4.78, 5) is 16.1. The minimum atomic E-state index is 0.0817. The average molecular weight is 363 g/mol. The Morgan fingerprint density at radius 1 is 1.44 bits per heavy atom. The van der Waals surface area contributed by atoms with Crippen molar-refractivity contribution < 1.29 is 0 Å². The standard InChI is InChI=1S/C13H22IN3O/c1-10(2)8-15-6-4-5-7-17-9-16-11(3)12(14)13(17)18/h9-10,15H,4-8H2,1-3H3. The fraction of sp³-hybridized carbons (Fsp3) is 0.692. The van der Waals surface area contributed by atoms with Crippen LogP contribution in [0.25, 0.3) is 0 Å². The summed E-state index contributed by atoms with van der Waals surface area (Å²) in [5, 5.41) is 3.40. The van der Waals surface area contributed by atoms with Crippen molar-refractivity contribution in [1.29, 1.82) is 0 Å². The Morgan fingerprint density at radius 3 is 2.83 bits per heavy atom. The second kappa shape index (κ2) is 7.89. The molecule has 1 aromatic rings. The minimum absolute atomic E-state index is 0.0817. The third kappa shape index (κ3) is 5.06. The molecule has 0 amide bonds. The molecule has 0 aliphatic heterocycles. The van der Waals surface area contributed by atoms with Crippen LogP contribution in [0.15, 0.2) is 11.1 Å². The van der Waals surface area contributed by atoms with Gasteiger partial charge in [-0.2, -0.15) is 0 Å². The van der Waals surface area contributed by atoms with Crippen molar-refractivity contribution in [1.82, 2.24) is 14.9 Å². The Hall–Kier alpha value is -0.430. The molecule has 1 N–H and O–H groups in total. The highest BCUT2D eigenvalue weighted by Gasteiger charge is 2.04. The summed E-state index contributed by atoms with van der Waals surface area (Å²) in [5.74, 6) is 0.690. The van der Waals surface area contributed by atoms with Crippen LogP contribution in [-0.4, -0.2) is 22.6 Å². The van der Waals surface area contributed by atoms with Crippen molar-refractivity contribution in [3.63, 3.8) is 0 Å². The zero-order valence-corrected chi connectivity index (χ0v) is 13.5. The molecule has 0 saturated heterocycles. The van der Waals surface area contributed by atoms with E-state index in [1.807, 2.05) is 6.92 Å². The summed E-state index contributed by atoms with van der Waals surface area (Å²) in [5.41, 5.74) is 0.897. The molecule has 0 saturated carbocycles. The molecule has 1 rings (SSSR count). The van der Waals surface area contributed by atoms with Crippen molar-refractivity contribution in [3.05, 3.63) is 25.9 Å². The van der Waals surface area contributed by atoms with E-state index in [-0.39, 0.29) is 5.56 Å². The maximum Gasteiger partial charge on any atom is 0.266 e. The van der Waals surface area contributed by atoms with Crippen molar-refractivity contribution in [2.24, 2.45) is 5.92 Å². The largest absolute Gasteiger partial charge is 0.316 e. The summed E-state index contributed by atoms with van der Waals surface area (Å²) in [6, 6.07) is 0. The topological polar surface area (TPSA) is 46.9 Å². The van der Waals surface area contributed by atoms with Gasteiger partial charge in [-0.25, -0.2) is 4.98 Å². The summed E-state index contributed by atoms with van der Waals surface area (Å²) in [7, 11) is 0. The van der Waals surface area contributed by atoms with Gasteiger partial charge in [-0.15, -0.1) is 0 Å². The number of hydrogen-bond acceptors (Lipinski definition) is 3. The molecule has 0 atom stereocenters. The van der Waals surface area contributed by atoms with Gasteiger partial charge < -0.3 is 5.32 Å². The van der Waals surface area contributed by atoms with E-state index < -0.39 is 0 Å². The zero-order chi connectivity index (χ0) is 13.5. The summed E-state index contributed by atoms with van der Waals surface area (Å²) in [6.07, 6.45) is 3.75. The first kappa shape index (κ1) is 15.6. The van der Waals surface area contributed by atoms with E-state index in [1.54, 1.807) is 10.9 Å². The number of aryl methyl sites for hydroxylation is 2. The van der Waals surface area contributed by atoms with E-state index in [2.05, 4.69) is 46.7 Å². The molecule has 0 aliphatic carbocycles. The van der Waals surface area contributed by atoms with Gasteiger partial charge in [0.15, 0.2) is 0 Å². The van der Waals surface area contributed by atoms with Gasteiger partial charge in [-0.3, -0.25) is 9.36 Å². The molecule has 1 heterocycles. The molecule has 0 radical (unpaired) electrons. The van der Waals surface area contributed by atoms with E-state index in [9.17, 15) is 4.79 Å². The van der Waals surface area contributed by atoms with Crippen LogP contribution in [0.3, 0.4) is 0 Å². The van der Waals surface area contributed by atoms with Gasteiger partial charge in [0.25, 0.3) is 5.56 Å². The number of aromatic nitrogens is 2. The molecule has 0 aliphatic rings. The lowest BCUT2D eigenvalue weighted by molar-refractivity contribution is 0.513. The van der Waals surface area contributed by atoms with Crippen LogP contribution in [0, 0.1) is 16.4 Å². The number of nitrogens with one attached hydrogen (secondary N) is 1. The van der Waals surface area contributed by atoms with Gasteiger partial charge in [0.2, 0.25) is 0 Å². The fourth-order valence-electron chi connectivity index (χ4n) is 1.63. The van der Waals surface area contributed by atoms with E-state index >= 15 is 0 Å². The third-order valence-corrected chi connectivity index (χ3v) is 3.95. The molecule has 0 bridgehead atoms. The Kier molecular flexibility index (Phi) is 6.85. The molecule has 1 aromatic heterocycles. The van der Waals surface area contributed by atoms with E-state index in [0.29, 0.717) is 5.92 Å². The molecule has 102 valence electrons. The molecular formula is C13H22IN3O. The van der Waals surface area contributed by atoms with Gasteiger partial charge >= 0.3 is 0 Å². The van der Waals surface area contributed by atoms with Gasteiger partial charge in [0, 0.05) is 6.54 Å². The van der Waals surface area contributed by atoms with E-state index in [4.69, 9.17) is 0 Å². The maximum atomic E-state index is 11.9. The summed E-state index contributed by atoms with van der Waals surface area (Å²) >= 11 is 2.07. The molecule has 18 heavy (non-hydrogen) atoms. The number of halogens is 1. The highest BCUT2D eigenvalue weighted by Crippen LogP contribution is 2.02. The fourth-order valence-corrected chi connectivity index (χ4v) is 2.08. The molecular weight excluding hydrogens is 341 g/mol. The predicted molar refractivity (Wildman–Crippen MR) is 82.9 cm³/mol. The molecule has 0 unspecified atom stereocenters. The van der Waals surface area contributed by atoms with Crippen LogP contribution in [-0.2, 0) is 6.54 Å². The van der Waals surface area contributed by atoms with Crippen molar-refractivity contribution in [2.45, 2.75) is 40.2 Å². The van der Waals surface area contributed by atoms with Crippen molar-refractivity contribution in [2.75, 3.05) is 13.1 Å². The lowest BCUT2D eigenvalue weighted by Crippen LogP contribution is -2.25. The van der Waals surface area contributed by atoms with E-state index in [1.165, 1.54) is 0 Å². The van der Waals surface area contributed by atoms with E-state index in [0.717, 1.165) is 41.7 Å². The average Bonchev–Trinajstić information content (AvgIpc) is 2.33. The highest BCUT2D eigenvalue weighted by atomic mass is 127. The van der Waals surface area contributed by atoms with Gasteiger partial charge in [-0.1, -0.05) is 13.8 Å². The second-order valence-electron chi connectivity index (χ2n) is 4.95. The maximum absolute atomic E-state index is 11.9. The van der Waals surface area contributed by atoms with Gasteiger partial charge in [0.05, 0.1) is 15.6 Å². The Balaban J connectivity index is 2.32. The van der Waals surface area contributed by atoms with Crippen LogP contribution in [0.2, 0.25) is 0 Å². The van der Waals surface area contributed by atoms with Crippen molar-refractivity contribution in [3.8, 4) is 0 Å². The van der Waals surface area contributed by atoms with Crippen LogP contribution in [0.4, 0.5) is 0 Å². The smallest absolute Gasteiger partial charge is 0.266 e. The monoisotopic (exact) mass is 363 g/mol. The first-order valence-corrected chi connectivity index (χ1v) is 7.52. The molecule has 0 fully saturated rings. The zero-order valence-electron chi connectivity index (χ0n) is 11.4. The first-order valence-electron chi connectivity index (χ1n) is 6.44. The predicted octanol–water partition coefficient (Wildman–Crippen LogP) is 2.18. The molecule has 4 nitrogen and oxygen atoms in total. The van der Waals surface area contributed by atoms with Gasteiger partial charge in [0.1, 0.15) is 0 Å². The van der Waals surface area contributed by atoms with Crippen molar-refractivity contribution >= 4 is 22.6 Å². The molecule has 5 heteroatoms. The van der Waals surface area contributed by atoms with Crippen LogP contribution >= 0.6 is 22.6 Å². The quantitative estimate of drug-likeness (QED) is 0.597. The third-order valence-electron chi connectivity index (χ3n) is 2.71. The Labute approximate surface area is 122 Å². The lowest BCUT2D eigenvalue weighted by Gasteiger charge is -2.08. The Morgan fingerprint density at radius 2 is 2.17 bits per heavy atom. The van der Waals surface area contributed by atoms with Gasteiger partial charge in [-0.05, 0) is 61.4 Å². The highest BCUT2D eigenvalue weighted by molar-refractivity contribution is 14.1. The summed E-state index contributed by atoms with van der Waals surface area (Å²) in [6.45, 7) is 9.10. The SMILES string of the molecule is Cc1ncn(CCCCNCC(C)C)c(=O)c1I. The van der Waals surface area contributed by atoms with Crippen LogP contribution < -0.4 is 10.9 Å². The normalized spacial score (nSPS) is 11.2. The number of nitrogens with zero attached hydrogens (tertiary/aromatic N) is 2. The summed E-state index contributed by atoms with van der Waals surface area (Å²) < 4.78 is 2.44. The number of hydrogen-bond donors (Lipinski definition) is 1. The van der Waals surface area contributed by atoms with Crippen LogP contribution in [0.5, 0.6) is 0 Å². The Bertz CT molecular complexity index is 429. The van der Waals surface area contributed by atoms with Crippen LogP contribution in [0.1, 0.15) is 32.4 Å². The lowest BCUT2D eigenvalue weighted by atomic mass is 10.2. The first-order chi connectivity index (χ1) is 8.52. The molecule has 0 aromatic carbocycles. The second-order valence-corrected chi connectivity index (χ2v) is 6.03. The number of rotatable bonds is 7.